The van der Waals surface area contributed by atoms with Gasteiger partial charge in [0.25, 0.3) is 5.56 Å². The zero-order valence-electron chi connectivity index (χ0n) is 12.5. The zero-order valence-corrected chi connectivity index (χ0v) is 12.5. The van der Waals surface area contributed by atoms with Crippen LogP contribution < -0.4 is 5.56 Å². The molecule has 0 amide bonds. The van der Waals surface area contributed by atoms with Gasteiger partial charge in [0.2, 0.25) is 5.69 Å². The van der Waals surface area contributed by atoms with Crippen LogP contribution in [-0.2, 0) is 17.5 Å². The Labute approximate surface area is 134 Å². The van der Waals surface area contributed by atoms with Gasteiger partial charge in [0.05, 0.1) is 13.2 Å². The molecule has 2 aromatic rings. The Balaban J connectivity index is 2.64. The van der Waals surface area contributed by atoms with Gasteiger partial charge in [0.15, 0.2) is 11.3 Å². The molecule has 0 saturated carbocycles. The summed E-state index contributed by atoms with van der Waals surface area (Å²) < 4.78 is 44.1. The topological polar surface area (TPSA) is 81.4 Å². The fourth-order valence-electron chi connectivity index (χ4n) is 2.00. The van der Waals surface area contributed by atoms with E-state index in [0.717, 1.165) is 0 Å². The van der Waals surface area contributed by atoms with Crippen molar-refractivity contribution in [1.82, 2.24) is 9.78 Å². The average molecular weight is 342 g/mol. The second-order valence-corrected chi connectivity index (χ2v) is 4.74. The average Bonchev–Trinajstić information content (AvgIpc) is 2.50. The molecular formula is C15H13F3N2O4. The van der Waals surface area contributed by atoms with Crippen molar-refractivity contribution in [3.05, 3.63) is 57.5 Å². The number of hydrogen-bond donors (Lipinski definition) is 1. The van der Waals surface area contributed by atoms with Crippen LogP contribution in [-0.4, -0.2) is 27.5 Å². The molecule has 0 radical (unpaired) electrons. The summed E-state index contributed by atoms with van der Waals surface area (Å²) in [7, 11) is 0. The van der Waals surface area contributed by atoms with E-state index in [0.29, 0.717) is 10.2 Å². The highest BCUT2D eigenvalue weighted by Crippen LogP contribution is 2.34. The number of esters is 1. The molecular weight excluding hydrogens is 329 g/mol. The van der Waals surface area contributed by atoms with Crippen molar-refractivity contribution >= 4 is 5.97 Å². The predicted octanol–water partition coefficient (Wildman–Crippen LogP) is 2.19. The molecule has 0 aliphatic carbocycles. The number of benzene rings is 1. The van der Waals surface area contributed by atoms with Crippen LogP contribution in [0.1, 0.15) is 28.5 Å². The van der Waals surface area contributed by atoms with Gasteiger partial charge in [-0.1, -0.05) is 30.3 Å². The van der Waals surface area contributed by atoms with Crippen molar-refractivity contribution in [3.63, 3.8) is 0 Å². The van der Waals surface area contributed by atoms with Crippen molar-refractivity contribution in [2.24, 2.45) is 0 Å². The summed E-state index contributed by atoms with van der Waals surface area (Å²) in [5, 5.41) is 12.9. The smallest absolute Gasteiger partial charge is 0.438 e. The summed E-state index contributed by atoms with van der Waals surface area (Å²) in [6.07, 6.45) is -5.04. The second-order valence-electron chi connectivity index (χ2n) is 4.74. The minimum atomic E-state index is -5.04. The molecule has 1 heterocycles. The van der Waals surface area contributed by atoms with Crippen molar-refractivity contribution in [2.75, 3.05) is 6.61 Å². The molecule has 9 heteroatoms. The van der Waals surface area contributed by atoms with E-state index in [1.807, 2.05) is 0 Å². The molecule has 0 bridgehead atoms. The summed E-state index contributed by atoms with van der Waals surface area (Å²) in [6, 6.07) is 8.13. The van der Waals surface area contributed by atoms with Gasteiger partial charge in [0.1, 0.15) is 0 Å². The number of carbonyl (C=O) groups excluding carboxylic acids is 1. The Morgan fingerprint density at radius 3 is 2.46 bits per heavy atom. The van der Waals surface area contributed by atoms with Crippen LogP contribution in [0.5, 0.6) is 5.75 Å². The third-order valence-electron chi connectivity index (χ3n) is 3.05. The lowest BCUT2D eigenvalue weighted by atomic mass is 10.2. The van der Waals surface area contributed by atoms with Gasteiger partial charge in [0, 0.05) is 0 Å². The van der Waals surface area contributed by atoms with Crippen LogP contribution in [0.2, 0.25) is 0 Å². The molecule has 1 aromatic carbocycles. The normalized spacial score (nSPS) is 11.3. The fourth-order valence-corrected chi connectivity index (χ4v) is 2.00. The third-order valence-corrected chi connectivity index (χ3v) is 3.05. The molecule has 24 heavy (non-hydrogen) atoms. The minimum Gasteiger partial charge on any atom is -0.505 e. The maximum atomic E-state index is 13.0. The van der Waals surface area contributed by atoms with Gasteiger partial charge < -0.3 is 9.84 Å². The first-order valence-corrected chi connectivity index (χ1v) is 6.88. The number of hydrogen-bond acceptors (Lipinski definition) is 5. The second kappa shape index (κ2) is 6.73. The molecule has 0 saturated heterocycles. The summed E-state index contributed by atoms with van der Waals surface area (Å²) >= 11 is 0. The van der Waals surface area contributed by atoms with E-state index in [2.05, 4.69) is 9.84 Å². The van der Waals surface area contributed by atoms with Gasteiger partial charge in [-0.2, -0.15) is 18.3 Å². The number of aromatic nitrogens is 2. The molecule has 2 rings (SSSR count). The summed E-state index contributed by atoms with van der Waals surface area (Å²) in [6.45, 7) is 0.957. The summed E-state index contributed by atoms with van der Waals surface area (Å²) in [5.74, 6) is -2.87. The standard InChI is InChI=1S/C15H13F3N2O4/c1-2-24-14(23)10-11(21)12(15(16,17)18)19-20(13(10)22)8-9-6-4-3-5-7-9/h3-7,21H,2,8H2,1H3. The number of ether oxygens (including phenoxy) is 1. The highest BCUT2D eigenvalue weighted by molar-refractivity contribution is 5.92. The Bertz CT molecular complexity index is 801. The third kappa shape index (κ3) is 3.55. The van der Waals surface area contributed by atoms with E-state index >= 15 is 0 Å². The van der Waals surface area contributed by atoms with E-state index in [-0.39, 0.29) is 13.2 Å². The molecule has 0 unspecified atom stereocenters. The Morgan fingerprint density at radius 1 is 1.29 bits per heavy atom. The van der Waals surface area contributed by atoms with Gasteiger partial charge in [-0.25, -0.2) is 9.48 Å². The number of alkyl halides is 3. The Kier molecular flexibility index (Phi) is 4.91. The summed E-state index contributed by atoms with van der Waals surface area (Å²) in [5.41, 5.74) is -3.47. The number of aromatic hydroxyl groups is 1. The molecule has 1 aromatic heterocycles. The fraction of sp³-hybridized carbons (Fsp3) is 0.267. The lowest BCUT2D eigenvalue weighted by molar-refractivity contribution is -0.143. The van der Waals surface area contributed by atoms with Crippen LogP contribution >= 0.6 is 0 Å². The van der Waals surface area contributed by atoms with Crippen LogP contribution in [0.15, 0.2) is 35.1 Å². The van der Waals surface area contributed by atoms with Crippen LogP contribution in [0.4, 0.5) is 13.2 Å². The van der Waals surface area contributed by atoms with Gasteiger partial charge in [-0.15, -0.1) is 0 Å². The van der Waals surface area contributed by atoms with Gasteiger partial charge >= 0.3 is 12.1 Å². The molecule has 0 atom stereocenters. The highest BCUT2D eigenvalue weighted by Gasteiger charge is 2.40. The van der Waals surface area contributed by atoms with E-state index in [4.69, 9.17) is 0 Å². The van der Waals surface area contributed by atoms with Gasteiger partial charge in [-0.05, 0) is 12.5 Å². The number of carbonyl (C=O) groups is 1. The monoisotopic (exact) mass is 342 g/mol. The quantitative estimate of drug-likeness (QED) is 0.862. The van der Waals surface area contributed by atoms with Crippen molar-refractivity contribution in [2.45, 2.75) is 19.6 Å². The maximum absolute atomic E-state index is 13.0. The largest absolute Gasteiger partial charge is 0.505 e. The van der Waals surface area contributed by atoms with E-state index in [9.17, 15) is 27.9 Å². The first kappa shape index (κ1) is 17.5. The number of nitrogens with zero attached hydrogens (tertiary/aromatic N) is 2. The predicted molar refractivity (Wildman–Crippen MR) is 76.7 cm³/mol. The SMILES string of the molecule is CCOC(=O)c1c(O)c(C(F)(F)F)nn(Cc2ccccc2)c1=O. The highest BCUT2D eigenvalue weighted by atomic mass is 19.4. The molecule has 1 N–H and O–H groups in total. The Morgan fingerprint density at radius 2 is 1.92 bits per heavy atom. The number of halogens is 3. The first-order valence-electron chi connectivity index (χ1n) is 6.88. The first-order chi connectivity index (χ1) is 11.3. The molecule has 0 fully saturated rings. The molecule has 0 spiro atoms. The number of rotatable bonds is 4. The van der Waals surface area contributed by atoms with Crippen molar-refractivity contribution in [3.8, 4) is 5.75 Å². The van der Waals surface area contributed by atoms with Gasteiger partial charge in [-0.3, -0.25) is 4.79 Å². The van der Waals surface area contributed by atoms with Crippen LogP contribution in [0, 0.1) is 0 Å². The van der Waals surface area contributed by atoms with E-state index < -0.39 is 34.7 Å². The molecule has 128 valence electrons. The van der Waals surface area contributed by atoms with E-state index in [1.54, 1.807) is 30.3 Å². The van der Waals surface area contributed by atoms with Crippen LogP contribution in [0.3, 0.4) is 0 Å². The van der Waals surface area contributed by atoms with E-state index in [1.165, 1.54) is 6.92 Å². The zero-order chi connectivity index (χ0) is 17.9. The molecule has 0 aliphatic heterocycles. The Hall–Kier alpha value is -2.84. The minimum absolute atomic E-state index is 0.167. The summed E-state index contributed by atoms with van der Waals surface area (Å²) in [4.78, 5) is 24.0. The van der Waals surface area contributed by atoms with Crippen molar-refractivity contribution < 1.29 is 27.8 Å². The maximum Gasteiger partial charge on any atom is 0.438 e. The lowest BCUT2D eigenvalue weighted by Gasteiger charge is -2.14. The van der Waals surface area contributed by atoms with Crippen molar-refractivity contribution in [1.29, 1.82) is 0 Å². The lowest BCUT2D eigenvalue weighted by Crippen LogP contribution is -2.32. The molecule has 0 aliphatic rings. The molecule has 6 nitrogen and oxygen atoms in total. The van der Waals surface area contributed by atoms with Crippen LogP contribution in [0.25, 0.3) is 0 Å².